The fourth-order valence-electron chi connectivity index (χ4n) is 2.13. The van der Waals surface area contributed by atoms with Crippen molar-refractivity contribution in [1.82, 2.24) is 4.90 Å². The summed E-state index contributed by atoms with van der Waals surface area (Å²) in [5.41, 5.74) is 2.28. The zero-order valence-electron chi connectivity index (χ0n) is 81.5. The number of rotatable bonds is 6. The second kappa shape index (κ2) is 393. The van der Waals surface area contributed by atoms with Gasteiger partial charge in [0.2, 0.25) is 0 Å². The quantitative estimate of drug-likeness (QED) is 0.213. The maximum absolute atomic E-state index is 11.1. The van der Waals surface area contributed by atoms with E-state index in [4.69, 9.17) is 4.74 Å². The van der Waals surface area contributed by atoms with Crippen molar-refractivity contribution in [3.8, 4) is 0 Å². The summed E-state index contributed by atoms with van der Waals surface area (Å²) in [6.45, 7) is 2.60. The average molecular weight is 3050 g/mol. The first-order valence-electron chi connectivity index (χ1n) is 41.3. The molecule has 0 bridgehead atoms. The Morgan fingerprint density at radius 3 is 0.659 bits per heavy atom. The Bertz CT molecular complexity index is 763. The van der Waals surface area contributed by atoms with Crippen molar-refractivity contribution in [2.45, 2.75) is 29.9 Å². The van der Waals surface area contributed by atoms with Crippen LogP contribution in [0.2, 0.25) is 0 Å². The monoisotopic (exact) mass is 3040 g/mol. The van der Waals surface area contributed by atoms with Gasteiger partial charge in [-0.05, 0) is 43.9 Å². The number of hydrogen-bond donors (Lipinski definition) is 0. The Morgan fingerprint density at radius 2 is 0.484 bits per heavy atom. The number of carbonyl (C=O) groups excluding carboxylic acids is 1. The standard InChI is InChI=1S/C18H20BrNO2S.68K/c1-13(21)22-12-15-10-16(19)8-9-18(15)23-17-7-5-4-6-14(17)11-20(2)3;;;;;;;;;;;;;;;;;;;;;;;;;;;;;;;;;;;;;;;;;;;;;;;;;;;;;;;;;;;;;;;;;;;;/h4-10H,11-12H2,1-3H3;;;;;;;;;;;;;;;;;;;;;;;;;;;;;;;;;;;;;;;;;;;;;;;;;;;;;;;;;;;;;;;;;;;;. The number of esters is 1. The molecule has 0 amide bonds. The summed E-state index contributed by atoms with van der Waals surface area (Å²) in [5.74, 6) is -0.270. The molecule has 0 atom stereocenters. The van der Waals surface area contributed by atoms with Gasteiger partial charge in [0, 0.05) is 33.3 Å². The van der Waals surface area contributed by atoms with Crippen molar-refractivity contribution in [3.05, 3.63) is 58.1 Å². The minimum atomic E-state index is -0.270. The maximum atomic E-state index is 11.1. The Labute approximate surface area is 2130 Å². The molecule has 91 heavy (non-hydrogen) atoms. The first-order chi connectivity index (χ1) is 45.0. The van der Waals surface area contributed by atoms with E-state index in [0.29, 0.717) is 0 Å². The van der Waals surface area contributed by atoms with Crippen molar-refractivity contribution < 1.29 is 9.53 Å². The second-order valence-electron chi connectivity index (χ2n) is 5.48. The van der Waals surface area contributed by atoms with E-state index in [1.165, 1.54) is 2160 Å². The third kappa shape index (κ3) is 363. The van der Waals surface area contributed by atoms with E-state index >= 15 is 0 Å². The summed E-state index contributed by atoms with van der Waals surface area (Å²) in [6, 6.07) is 14.4. The van der Waals surface area contributed by atoms with Gasteiger partial charge in [-0.2, -0.15) is 0 Å². The van der Waals surface area contributed by atoms with Gasteiger partial charge in [0.05, 0.1) is 0 Å². The van der Waals surface area contributed by atoms with E-state index in [1.54, 1.807) is 11.8 Å². The van der Waals surface area contributed by atoms with Gasteiger partial charge in [0.1, 0.15) is 6.61 Å². The fourth-order valence-corrected chi connectivity index (χ4v) is 3.57. The molecule has 0 unspecified atom stereocenters. The molecule has 2 aromatic rings. The van der Waals surface area contributed by atoms with Gasteiger partial charge >= 0.3 is 2150 Å². The van der Waals surface area contributed by atoms with Crippen LogP contribution in [0.25, 0.3) is 0 Å². The van der Waals surface area contributed by atoms with Crippen molar-refractivity contribution in [2.24, 2.45) is 0 Å². The number of ether oxygens (including phenoxy) is 1. The predicted molar refractivity (Wildman–Crippen MR) is 489 cm³/mol. The van der Waals surface area contributed by atoms with E-state index in [2.05, 4.69) is 59.2 Å². The van der Waals surface area contributed by atoms with Gasteiger partial charge in [-0.3, -0.25) is 4.79 Å². The molecule has 0 saturated heterocycles. The molecular formula is C18H20BrK68NO2S. The van der Waals surface area contributed by atoms with Crippen LogP contribution >= 0.6 is 27.7 Å². The van der Waals surface area contributed by atoms with Crippen LogP contribution in [0.1, 0.15) is 18.1 Å². The number of nitrogens with zero attached hydrogens (tertiary/aromatic N) is 1. The molecule has 0 aromatic heterocycles. The molecule has 0 heterocycles. The van der Waals surface area contributed by atoms with E-state index in [9.17, 15) is 4.79 Å². The third-order valence-electron chi connectivity index (χ3n) is 3.13. The number of benzene rings is 2. The Balaban J connectivity index is -0.0000000138. The number of carbonyl (C=O) groups is 1. The molecule has 0 aliphatic rings. The van der Waals surface area contributed by atoms with Crippen molar-refractivity contribution in [1.29, 1.82) is 0 Å². The molecule has 2 aromatic carbocycles. The normalized spacial score (nSPS) is 5.73. The molecule has 190 valence electrons. The minimum absolute atomic E-state index is 0.270. The molecule has 0 fully saturated rings. The summed E-state index contributed by atoms with van der Waals surface area (Å²) in [5, 5.41) is 0. The van der Waals surface area contributed by atoms with Crippen LogP contribution in [-0.2, 0) is 22.7 Å². The summed E-state index contributed by atoms with van der Waals surface area (Å²) in [7, 11) is 4.13. The Morgan fingerprint density at radius 1 is 0.308 bits per heavy atom. The van der Waals surface area contributed by atoms with Gasteiger partial charge in [-0.15, -0.1) is 0 Å². The van der Waals surface area contributed by atoms with E-state index in [1.807, 2.05) is 18.2 Å². The van der Waals surface area contributed by atoms with Crippen LogP contribution in [0.3, 0.4) is 0 Å². The number of hydrogen-bond acceptors (Lipinski definition) is 4. The third-order valence-corrected chi connectivity index (χ3v) is 4.86. The van der Waals surface area contributed by atoms with Gasteiger partial charge in [0.15, 0.2) is 0 Å². The molecule has 2 rings (SSSR count). The van der Waals surface area contributed by atoms with E-state index in [0.717, 1.165) is 21.5 Å². The van der Waals surface area contributed by atoms with E-state index in [-0.39, 0.29) is 12.6 Å². The number of halogens is 1. The topological polar surface area (TPSA) is 29.5 Å². The van der Waals surface area contributed by atoms with Gasteiger partial charge in [-0.1, -0.05) is 45.9 Å². The van der Waals surface area contributed by atoms with Crippen LogP contribution in [0.4, 0.5) is 0 Å². The summed E-state index contributed by atoms with van der Waals surface area (Å²) >= 11 is 90.2. The molecular weight excluding hydrogens is 3030 g/mol. The molecule has 73 heteroatoms. The van der Waals surface area contributed by atoms with Crippen LogP contribution in [-0.4, -0.2) is 2170 Å². The van der Waals surface area contributed by atoms with Crippen molar-refractivity contribution in [2.75, 3.05) is 14.1 Å². The van der Waals surface area contributed by atoms with Crippen LogP contribution in [0.15, 0.2) is 56.7 Å². The van der Waals surface area contributed by atoms with Crippen molar-refractivity contribution >= 4 is 2180 Å². The molecule has 0 radical (unpaired) electrons. The predicted octanol–water partition coefficient (Wildman–Crippen LogP) is -21.2. The average Bonchev–Trinajstić information content (AvgIpc) is 3.73. The summed E-state index contributed by atoms with van der Waals surface area (Å²) in [6.07, 6.45) is 0. The molecule has 0 aliphatic heterocycles. The van der Waals surface area contributed by atoms with Gasteiger partial charge in [0.25, 0.3) is 0 Å². The first-order valence-corrected chi connectivity index (χ1v) is 587. The SMILES string of the molecule is CC(=O)OCc1cc(Br)ccc1Sc1ccccc1CN(C)C.[K][K].[K][K].[K][K].[K][K].[K][K].[K][K].[K][K].[K][K].[K][K].[K][K].[K][K].[K][K].[K][K].[K][K].[K][K].[K][K].[K][K].[K][K].[K][K].[K][K].[K][K].[K][K].[K][K].[K][K].[K][K].[K][K].[K][K].[K][K].[K][K].[K][K].[K][K].[K][K].[K][K].[K][K]. The Hall–Kier alpha value is 110. The molecule has 0 N–H and O–H groups in total. The molecule has 0 saturated carbocycles. The van der Waals surface area contributed by atoms with E-state index < -0.39 is 0 Å². The zero-order chi connectivity index (χ0) is 84.8. The molecule has 0 aliphatic carbocycles. The van der Waals surface area contributed by atoms with Gasteiger partial charge in [-0.25, -0.2) is 0 Å². The zero-order valence-corrected chi connectivity index (χ0v) is 296. The van der Waals surface area contributed by atoms with Crippen LogP contribution in [0.5, 0.6) is 0 Å². The Kier molecular flexibility index (Phi) is 1230. The van der Waals surface area contributed by atoms with Crippen LogP contribution in [0, 0.1) is 0 Å². The van der Waals surface area contributed by atoms with Crippen molar-refractivity contribution in [3.63, 3.8) is 0 Å². The first kappa shape index (κ1) is 285. The summed E-state index contributed by atoms with van der Waals surface area (Å²) in [4.78, 5) is 15.6. The van der Waals surface area contributed by atoms with Gasteiger partial charge < -0.3 is 9.64 Å². The fraction of sp³-hybridized carbons (Fsp3) is 0.278. The second-order valence-corrected chi connectivity index (χ2v) is 7.48. The molecule has 0 spiro atoms. The molecule has 3 nitrogen and oxygen atoms in total. The van der Waals surface area contributed by atoms with Crippen LogP contribution < -0.4 is 0 Å². The summed E-state index contributed by atoms with van der Waals surface area (Å²) < 4.78 is 6.15.